The van der Waals surface area contributed by atoms with Gasteiger partial charge in [0.25, 0.3) is 0 Å². The number of esters is 1. The molecule has 2 aromatic carbocycles. The van der Waals surface area contributed by atoms with Crippen LogP contribution in [0.5, 0.6) is 5.75 Å². The molecule has 1 atom stereocenters. The fourth-order valence-electron chi connectivity index (χ4n) is 4.41. The lowest BCUT2D eigenvalue weighted by Crippen LogP contribution is -2.52. The number of para-hydroxylation sites is 2. The molecule has 2 heterocycles. The summed E-state index contributed by atoms with van der Waals surface area (Å²) in [6.07, 6.45) is 0. The summed E-state index contributed by atoms with van der Waals surface area (Å²) >= 11 is 6.37. The van der Waals surface area contributed by atoms with Crippen molar-refractivity contribution in [2.45, 2.75) is 13.0 Å². The maximum absolute atomic E-state index is 13.1. The Morgan fingerprint density at radius 1 is 1.09 bits per heavy atom. The lowest BCUT2D eigenvalue weighted by Gasteiger charge is -2.38. The van der Waals surface area contributed by atoms with Crippen LogP contribution in [-0.4, -0.2) is 63.3 Å². The summed E-state index contributed by atoms with van der Waals surface area (Å²) in [5, 5.41) is 6.45. The molecule has 0 bridgehead atoms. The first kappa shape index (κ1) is 23.9. The number of carbonyl (C=O) groups is 2. The Kier molecular flexibility index (Phi) is 7.59. The number of anilines is 1. The van der Waals surface area contributed by atoms with Gasteiger partial charge in [0, 0.05) is 44.0 Å². The van der Waals surface area contributed by atoms with E-state index in [4.69, 9.17) is 21.1 Å². The van der Waals surface area contributed by atoms with Crippen LogP contribution < -0.4 is 20.3 Å². The molecule has 4 rings (SSSR count). The van der Waals surface area contributed by atoms with Crippen LogP contribution >= 0.6 is 11.6 Å². The molecular weight excluding hydrogens is 456 g/mol. The normalized spacial score (nSPS) is 18.9. The van der Waals surface area contributed by atoms with Crippen molar-refractivity contribution < 1.29 is 19.1 Å². The predicted octanol–water partition coefficient (Wildman–Crippen LogP) is 3.34. The molecule has 0 aliphatic carbocycles. The van der Waals surface area contributed by atoms with E-state index in [1.54, 1.807) is 20.1 Å². The van der Waals surface area contributed by atoms with Gasteiger partial charge in [0.05, 0.1) is 36.0 Å². The van der Waals surface area contributed by atoms with Crippen molar-refractivity contribution in [3.8, 4) is 5.75 Å². The van der Waals surface area contributed by atoms with Gasteiger partial charge in [-0.1, -0.05) is 41.9 Å². The number of urea groups is 1. The van der Waals surface area contributed by atoms with E-state index < -0.39 is 12.0 Å². The SMILES string of the molecule is CCOC(=O)C1=C(CN2CCN(c3ccccc3Cl)CC2)NC(=O)N[C@@H]1c1ccccc1OC. The van der Waals surface area contributed by atoms with E-state index >= 15 is 0 Å². The largest absolute Gasteiger partial charge is 0.496 e. The maximum atomic E-state index is 13.1. The third-order valence-electron chi connectivity index (χ3n) is 6.05. The molecule has 9 heteroatoms. The minimum absolute atomic E-state index is 0.235. The van der Waals surface area contributed by atoms with Gasteiger partial charge in [0.15, 0.2) is 0 Å². The summed E-state index contributed by atoms with van der Waals surface area (Å²) in [5.74, 6) is 0.125. The van der Waals surface area contributed by atoms with Crippen molar-refractivity contribution in [1.29, 1.82) is 0 Å². The maximum Gasteiger partial charge on any atom is 0.338 e. The highest BCUT2D eigenvalue weighted by atomic mass is 35.5. The van der Waals surface area contributed by atoms with Crippen LogP contribution in [0.25, 0.3) is 0 Å². The van der Waals surface area contributed by atoms with Crippen LogP contribution in [0.15, 0.2) is 59.8 Å². The minimum atomic E-state index is -0.677. The van der Waals surface area contributed by atoms with Crippen molar-refractivity contribution in [2.75, 3.05) is 51.3 Å². The topological polar surface area (TPSA) is 83.1 Å². The zero-order valence-electron chi connectivity index (χ0n) is 19.3. The van der Waals surface area contributed by atoms with E-state index in [9.17, 15) is 9.59 Å². The molecule has 2 amide bonds. The third kappa shape index (κ3) is 5.13. The summed E-state index contributed by atoms with van der Waals surface area (Å²) in [7, 11) is 1.56. The van der Waals surface area contributed by atoms with Gasteiger partial charge in [-0.2, -0.15) is 0 Å². The highest BCUT2D eigenvalue weighted by Gasteiger charge is 2.36. The summed E-state index contributed by atoms with van der Waals surface area (Å²) in [6.45, 7) is 5.50. The fraction of sp³-hybridized carbons (Fsp3) is 0.360. The summed E-state index contributed by atoms with van der Waals surface area (Å²) in [4.78, 5) is 30.1. The van der Waals surface area contributed by atoms with Crippen molar-refractivity contribution >= 4 is 29.3 Å². The zero-order chi connectivity index (χ0) is 24.1. The Hall–Kier alpha value is -3.23. The highest BCUT2D eigenvalue weighted by Crippen LogP contribution is 2.34. The average Bonchev–Trinajstić information content (AvgIpc) is 2.84. The van der Waals surface area contributed by atoms with Gasteiger partial charge in [0.1, 0.15) is 5.75 Å². The number of methoxy groups -OCH3 is 1. The molecule has 180 valence electrons. The van der Waals surface area contributed by atoms with Gasteiger partial charge in [0.2, 0.25) is 0 Å². The molecule has 0 unspecified atom stereocenters. The van der Waals surface area contributed by atoms with E-state index in [1.807, 2.05) is 42.5 Å². The third-order valence-corrected chi connectivity index (χ3v) is 6.37. The Morgan fingerprint density at radius 3 is 2.50 bits per heavy atom. The molecule has 1 saturated heterocycles. The second-order valence-corrected chi connectivity index (χ2v) is 8.51. The second-order valence-electron chi connectivity index (χ2n) is 8.10. The number of carbonyl (C=O) groups excluding carboxylic acids is 2. The number of hydrogen-bond donors (Lipinski definition) is 2. The molecule has 0 radical (unpaired) electrons. The predicted molar refractivity (Wildman–Crippen MR) is 131 cm³/mol. The van der Waals surface area contributed by atoms with Crippen LogP contribution in [0.3, 0.4) is 0 Å². The summed E-state index contributed by atoms with van der Waals surface area (Å²) in [6, 6.07) is 14.1. The molecule has 2 aromatic rings. The van der Waals surface area contributed by atoms with Crippen molar-refractivity contribution in [2.24, 2.45) is 0 Å². The van der Waals surface area contributed by atoms with Gasteiger partial charge < -0.3 is 25.0 Å². The minimum Gasteiger partial charge on any atom is -0.496 e. The Morgan fingerprint density at radius 2 is 1.79 bits per heavy atom. The molecule has 0 saturated carbocycles. The van der Waals surface area contributed by atoms with Gasteiger partial charge in [-0.05, 0) is 25.1 Å². The van der Waals surface area contributed by atoms with E-state index in [0.29, 0.717) is 29.1 Å². The number of nitrogens with zero attached hydrogens (tertiary/aromatic N) is 2. The standard InChI is InChI=1S/C25H29ClN4O4/c1-3-34-24(31)22-19(27-25(32)28-23(22)17-8-4-7-11-21(17)33-2)16-29-12-14-30(15-13-29)20-10-6-5-9-18(20)26/h4-11,23H,3,12-16H2,1-2H3,(H2,27,28,32)/t23-/m1/s1. The molecule has 0 spiro atoms. The average molecular weight is 485 g/mol. The molecular formula is C25H29ClN4O4. The first-order chi connectivity index (χ1) is 16.5. The molecule has 2 aliphatic heterocycles. The smallest absolute Gasteiger partial charge is 0.338 e. The van der Waals surface area contributed by atoms with Gasteiger partial charge in [-0.15, -0.1) is 0 Å². The molecule has 34 heavy (non-hydrogen) atoms. The summed E-state index contributed by atoms with van der Waals surface area (Å²) in [5.41, 5.74) is 2.65. The Labute approximate surface area is 204 Å². The quantitative estimate of drug-likeness (QED) is 0.586. The van der Waals surface area contributed by atoms with Crippen molar-refractivity contribution in [3.05, 3.63) is 70.4 Å². The number of nitrogens with one attached hydrogen (secondary N) is 2. The lowest BCUT2D eigenvalue weighted by molar-refractivity contribution is -0.139. The number of halogens is 1. The zero-order valence-corrected chi connectivity index (χ0v) is 20.1. The highest BCUT2D eigenvalue weighted by molar-refractivity contribution is 6.33. The van der Waals surface area contributed by atoms with E-state index in [2.05, 4.69) is 20.4 Å². The number of hydrogen-bond acceptors (Lipinski definition) is 6. The molecule has 2 aliphatic rings. The first-order valence-electron chi connectivity index (χ1n) is 11.3. The van der Waals surface area contributed by atoms with E-state index in [-0.39, 0.29) is 12.6 Å². The summed E-state index contributed by atoms with van der Waals surface area (Å²) < 4.78 is 10.9. The van der Waals surface area contributed by atoms with Crippen LogP contribution in [-0.2, 0) is 9.53 Å². The van der Waals surface area contributed by atoms with Gasteiger partial charge in [-0.3, -0.25) is 4.90 Å². The van der Waals surface area contributed by atoms with Crippen molar-refractivity contribution in [1.82, 2.24) is 15.5 Å². The molecule has 8 nitrogen and oxygen atoms in total. The number of rotatable bonds is 7. The second kappa shape index (κ2) is 10.8. The molecule has 2 N–H and O–H groups in total. The van der Waals surface area contributed by atoms with Crippen LogP contribution in [0.1, 0.15) is 18.5 Å². The van der Waals surface area contributed by atoms with Crippen LogP contribution in [0, 0.1) is 0 Å². The number of piperazine rings is 1. The first-order valence-corrected chi connectivity index (χ1v) is 11.7. The number of benzene rings is 2. The Balaban J connectivity index is 1.59. The van der Waals surface area contributed by atoms with Crippen molar-refractivity contribution in [3.63, 3.8) is 0 Å². The van der Waals surface area contributed by atoms with Gasteiger partial charge >= 0.3 is 12.0 Å². The monoisotopic (exact) mass is 484 g/mol. The number of amides is 2. The van der Waals surface area contributed by atoms with E-state index in [0.717, 1.165) is 36.9 Å². The van der Waals surface area contributed by atoms with Crippen LogP contribution in [0.2, 0.25) is 5.02 Å². The molecule has 1 fully saturated rings. The fourth-order valence-corrected chi connectivity index (χ4v) is 4.66. The lowest BCUT2D eigenvalue weighted by atomic mass is 9.94. The van der Waals surface area contributed by atoms with Crippen LogP contribution in [0.4, 0.5) is 10.5 Å². The molecule has 0 aromatic heterocycles. The van der Waals surface area contributed by atoms with E-state index in [1.165, 1.54) is 0 Å². The van der Waals surface area contributed by atoms with Gasteiger partial charge in [-0.25, -0.2) is 9.59 Å². The number of ether oxygens (including phenoxy) is 2. The Bertz CT molecular complexity index is 1080.